The van der Waals surface area contributed by atoms with Crippen molar-refractivity contribution in [3.05, 3.63) is 49.7 Å². The Labute approximate surface area is 157 Å². The summed E-state index contributed by atoms with van der Waals surface area (Å²) in [6, 6.07) is 8.15. The van der Waals surface area contributed by atoms with Gasteiger partial charge in [-0.1, -0.05) is 23.7 Å². The Morgan fingerprint density at radius 2 is 2.24 bits per heavy atom. The number of carbonyl (C=O) groups excluding carboxylic acids is 1. The number of rotatable bonds is 2. The first-order valence-corrected chi connectivity index (χ1v) is 9.72. The van der Waals surface area contributed by atoms with E-state index in [1.165, 1.54) is 22.7 Å². The van der Waals surface area contributed by atoms with Gasteiger partial charge in [-0.25, -0.2) is 0 Å². The standard InChI is InChI=1S/C18H13ClN2O2S2/c1-9-2-3-11-13(6-9)24-16(15(11)19)17(22)21-18-12(7-20)10-4-5-23-8-14(10)25-18/h2-3,6H,4-5,8H2,1H3,(H,21,22). The van der Waals surface area contributed by atoms with E-state index in [0.717, 1.165) is 26.1 Å². The van der Waals surface area contributed by atoms with E-state index >= 15 is 0 Å². The van der Waals surface area contributed by atoms with E-state index in [-0.39, 0.29) is 5.91 Å². The molecule has 0 spiro atoms. The number of hydrogen-bond acceptors (Lipinski definition) is 5. The van der Waals surface area contributed by atoms with Crippen molar-refractivity contribution in [2.24, 2.45) is 0 Å². The molecule has 126 valence electrons. The van der Waals surface area contributed by atoms with Gasteiger partial charge < -0.3 is 10.1 Å². The van der Waals surface area contributed by atoms with Gasteiger partial charge >= 0.3 is 0 Å². The Balaban J connectivity index is 1.70. The molecule has 0 saturated carbocycles. The number of anilines is 1. The number of benzene rings is 1. The number of hydrogen-bond donors (Lipinski definition) is 1. The third-order valence-electron chi connectivity index (χ3n) is 4.15. The van der Waals surface area contributed by atoms with Crippen LogP contribution in [0, 0.1) is 18.3 Å². The minimum Gasteiger partial charge on any atom is -0.376 e. The zero-order chi connectivity index (χ0) is 17.6. The van der Waals surface area contributed by atoms with Crippen molar-refractivity contribution in [1.29, 1.82) is 5.26 Å². The number of halogens is 1. The minimum atomic E-state index is -0.278. The van der Waals surface area contributed by atoms with Crippen molar-refractivity contribution >= 4 is 55.3 Å². The monoisotopic (exact) mass is 388 g/mol. The van der Waals surface area contributed by atoms with Gasteiger partial charge in [0, 0.05) is 15.0 Å². The van der Waals surface area contributed by atoms with Gasteiger partial charge in [0.25, 0.3) is 5.91 Å². The summed E-state index contributed by atoms with van der Waals surface area (Å²) < 4.78 is 6.42. The van der Waals surface area contributed by atoms with Crippen LogP contribution in [0.25, 0.3) is 10.1 Å². The van der Waals surface area contributed by atoms with Crippen LogP contribution in [0.2, 0.25) is 5.02 Å². The molecule has 2 aromatic heterocycles. The molecule has 0 fully saturated rings. The summed E-state index contributed by atoms with van der Waals surface area (Å²) in [6.45, 7) is 3.10. The molecule has 3 aromatic rings. The van der Waals surface area contributed by atoms with Crippen molar-refractivity contribution in [1.82, 2.24) is 0 Å². The highest BCUT2D eigenvalue weighted by Gasteiger charge is 2.24. The van der Waals surface area contributed by atoms with Crippen LogP contribution < -0.4 is 5.32 Å². The van der Waals surface area contributed by atoms with Crippen molar-refractivity contribution in [2.75, 3.05) is 11.9 Å². The molecule has 1 aliphatic heterocycles. The highest BCUT2D eigenvalue weighted by molar-refractivity contribution is 7.22. The summed E-state index contributed by atoms with van der Waals surface area (Å²) in [7, 11) is 0. The molecule has 4 rings (SSSR count). The summed E-state index contributed by atoms with van der Waals surface area (Å²) in [6.07, 6.45) is 0.702. The van der Waals surface area contributed by atoms with E-state index in [1.807, 2.05) is 25.1 Å². The first-order chi connectivity index (χ1) is 12.1. The van der Waals surface area contributed by atoms with Crippen LogP contribution in [-0.2, 0) is 17.8 Å². The molecule has 3 heterocycles. The van der Waals surface area contributed by atoms with E-state index in [2.05, 4.69) is 11.4 Å². The van der Waals surface area contributed by atoms with Gasteiger partial charge in [-0.05, 0) is 30.5 Å². The number of thiophene rings is 2. The molecule has 1 N–H and O–H groups in total. The van der Waals surface area contributed by atoms with Crippen LogP contribution in [0.15, 0.2) is 18.2 Å². The summed E-state index contributed by atoms with van der Waals surface area (Å²) in [4.78, 5) is 14.2. The average Bonchev–Trinajstić information content (AvgIpc) is 3.11. The van der Waals surface area contributed by atoms with Gasteiger partial charge in [0.15, 0.2) is 0 Å². The quantitative estimate of drug-likeness (QED) is 0.662. The van der Waals surface area contributed by atoms with Crippen LogP contribution in [0.3, 0.4) is 0 Å². The third kappa shape index (κ3) is 2.83. The first-order valence-electron chi connectivity index (χ1n) is 7.71. The van der Waals surface area contributed by atoms with Crippen LogP contribution in [0.1, 0.15) is 31.2 Å². The zero-order valence-corrected chi connectivity index (χ0v) is 15.7. The predicted octanol–water partition coefficient (Wildman–Crippen LogP) is 5.12. The van der Waals surface area contributed by atoms with Gasteiger partial charge in [-0.15, -0.1) is 22.7 Å². The lowest BCUT2D eigenvalue weighted by molar-refractivity contribution is 0.103. The van der Waals surface area contributed by atoms with Gasteiger partial charge in [0.1, 0.15) is 15.9 Å². The summed E-state index contributed by atoms with van der Waals surface area (Å²) in [5.41, 5.74) is 2.66. The topological polar surface area (TPSA) is 62.1 Å². The number of nitriles is 1. The fourth-order valence-corrected chi connectivity index (χ4v) is 5.56. The molecule has 0 aliphatic carbocycles. The maximum absolute atomic E-state index is 12.8. The fraction of sp³-hybridized carbons (Fsp3) is 0.222. The zero-order valence-electron chi connectivity index (χ0n) is 13.3. The maximum Gasteiger partial charge on any atom is 0.267 e. The van der Waals surface area contributed by atoms with E-state index in [1.54, 1.807) is 0 Å². The molecule has 25 heavy (non-hydrogen) atoms. The van der Waals surface area contributed by atoms with Crippen molar-refractivity contribution in [3.63, 3.8) is 0 Å². The van der Waals surface area contributed by atoms with Crippen molar-refractivity contribution in [2.45, 2.75) is 20.0 Å². The fourth-order valence-electron chi connectivity index (χ4n) is 2.92. The largest absolute Gasteiger partial charge is 0.376 e. The Bertz CT molecular complexity index is 1050. The van der Waals surface area contributed by atoms with Crippen molar-refractivity contribution in [3.8, 4) is 6.07 Å². The SMILES string of the molecule is Cc1ccc2c(Cl)c(C(=O)Nc3sc4c(c3C#N)CCOC4)sc2c1. The number of nitrogens with one attached hydrogen (secondary N) is 1. The number of amides is 1. The summed E-state index contributed by atoms with van der Waals surface area (Å²) >= 11 is 9.19. The van der Waals surface area contributed by atoms with E-state index in [4.69, 9.17) is 16.3 Å². The van der Waals surface area contributed by atoms with Crippen LogP contribution in [0.5, 0.6) is 0 Å². The molecule has 0 bridgehead atoms. The Morgan fingerprint density at radius 1 is 1.40 bits per heavy atom. The van der Waals surface area contributed by atoms with Crippen LogP contribution >= 0.6 is 34.3 Å². The van der Waals surface area contributed by atoms with E-state index < -0.39 is 0 Å². The number of fused-ring (bicyclic) bond motifs is 2. The van der Waals surface area contributed by atoms with Gasteiger partial charge in [0.05, 0.1) is 23.8 Å². The molecule has 0 atom stereocenters. The number of ether oxygens (including phenoxy) is 1. The molecule has 0 unspecified atom stereocenters. The number of aryl methyl sites for hydroxylation is 1. The third-order valence-corrected chi connectivity index (χ3v) is 6.93. The van der Waals surface area contributed by atoms with Crippen molar-refractivity contribution < 1.29 is 9.53 Å². The smallest absolute Gasteiger partial charge is 0.267 e. The molecule has 7 heteroatoms. The van der Waals surface area contributed by atoms with Gasteiger partial charge in [0.2, 0.25) is 0 Å². The lowest BCUT2D eigenvalue weighted by Gasteiger charge is -2.11. The lowest BCUT2D eigenvalue weighted by Crippen LogP contribution is -2.11. The van der Waals surface area contributed by atoms with Gasteiger partial charge in [-0.3, -0.25) is 4.79 Å². The molecule has 0 radical (unpaired) electrons. The molecule has 1 aromatic carbocycles. The highest BCUT2D eigenvalue weighted by Crippen LogP contribution is 2.39. The van der Waals surface area contributed by atoms with Gasteiger partial charge in [-0.2, -0.15) is 5.26 Å². The molecule has 4 nitrogen and oxygen atoms in total. The Hall–Kier alpha value is -1.91. The second-order valence-electron chi connectivity index (χ2n) is 5.82. The maximum atomic E-state index is 12.8. The van der Waals surface area contributed by atoms with Crippen LogP contribution in [-0.4, -0.2) is 12.5 Å². The second kappa shape index (κ2) is 6.43. The Morgan fingerprint density at radius 3 is 3.04 bits per heavy atom. The number of carbonyl (C=O) groups is 1. The summed E-state index contributed by atoms with van der Waals surface area (Å²) in [5, 5.41) is 14.3. The Kier molecular flexibility index (Phi) is 4.26. The lowest BCUT2D eigenvalue weighted by atomic mass is 10.1. The summed E-state index contributed by atoms with van der Waals surface area (Å²) in [5.74, 6) is -0.278. The van der Waals surface area contributed by atoms with E-state index in [9.17, 15) is 10.1 Å². The highest BCUT2D eigenvalue weighted by atomic mass is 35.5. The molecule has 0 saturated heterocycles. The molecule has 1 amide bonds. The molecule has 1 aliphatic rings. The predicted molar refractivity (Wildman–Crippen MR) is 102 cm³/mol. The normalized spacial score (nSPS) is 13.5. The minimum absolute atomic E-state index is 0.278. The first kappa shape index (κ1) is 16.6. The van der Waals surface area contributed by atoms with Crippen LogP contribution in [0.4, 0.5) is 5.00 Å². The molecular weight excluding hydrogens is 376 g/mol. The second-order valence-corrected chi connectivity index (χ2v) is 8.36. The molecular formula is C18H13ClN2O2S2. The number of nitrogens with zero attached hydrogens (tertiary/aromatic N) is 1. The average molecular weight is 389 g/mol. The van der Waals surface area contributed by atoms with E-state index in [0.29, 0.717) is 40.1 Å².